The summed E-state index contributed by atoms with van der Waals surface area (Å²) < 4.78 is 11.7. The van der Waals surface area contributed by atoms with Gasteiger partial charge in [0, 0.05) is 17.5 Å². The first kappa shape index (κ1) is 10.2. The van der Waals surface area contributed by atoms with E-state index in [2.05, 4.69) is 22.0 Å². The molecule has 14 heavy (non-hydrogen) atoms. The summed E-state index contributed by atoms with van der Waals surface area (Å²) in [6.07, 6.45) is 4.46. The van der Waals surface area contributed by atoms with Crippen LogP contribution in [-0.2, 0) is 9.47 Å². The predicted octanol–water partition coefficient (Wildman–Crippen LogP) is 1.78. The van der Waals surface area contributed by atoms with Crippen molar-refractivity contribution in [3.63, 3.8) is 0 Å². The molecule has 2 rings (SSSR count). The number of hydrogen-bond acceptors (Lipinski definition) is 3. The molecule has 0 aromatic rings. The third-order valence-corrected chi connectivity index (χ3v) is 3.65. The van der Waals surface area contributed by atoms with E-state index < -0.39 is 0 Å². The number of halogens is 1. The van der Waals surface area contributed by atoms with Gasteiger partial charge in [-0.15, -0.1) is 0 Å². The van der Waals surface area contributed by atoms with Crippen LogP contribution in [0.15, 0.2) is 22.4 Å². The summed E-state index contributed by atoms with van der Waals surface area (Å²) in [5, 5.41) is 9.19. The van der Waals surface area contributed by atoms with Crippen molar-refractivity contribution < 1.29 is 14.6 Å². The summed E-state index contributed by atoms with van der Waals surface area (Å²) in [6, 6.07) is 0. The molecule has 0 aromatic carbocycles. The van der Waals surface area contributed by atoms with Gasteiger partial charge in [-0.25, -0.2) is 0 Å². The number of fused-ring (bicyclic) bond motifs is 1. The van der Waals surface area contributed by atoms with Gasteiger partial charge in [-0.2, -0.15) is 0 Å². The van der Waals surface area contributed by atoms with E-state index in [1.807, 2.05) is 0 Å². The SMILES string of the molecule is COC1OC=C(Br)C2CC=C(CO)C12. The molecule has 0 spiro atoms. The summed E-state index contributed by atoms with van der Waals surface area (Å²) in [6.45, 7) is 0.0880. The smallest absolute Gasteiger partial charge is 0.206 e. The Balaban J connectivity index is 2.24. The topological polar surface area (TPSA) is 38.7 Å². The molecule has 3 nitrogen and oxygen atoms in total. The Kier molecular flexibility index (Phi) is 2.95. The molecule has 0 saturated heterocycles. The highest BCUT2D eigenvalue weighted by Gasteiger charge is 2.41. The Morgan fingerprint density at radius 3 is 3.14 bits per heavy atom. The Bertz CT molecular complexity index is 285. The van der Waals surface area contributed by atoms with Crippen LogP contribution >= 0.6 is 15.9 Å². The normalized spacial score (nSPS) is 35.8. The first-order valence-electron chi connectivity index (χ1n) is 4.61. The lowest BCUT2D eigenvalue weighted by Crippen LogP contribution is -2.33. The molecule has 1 aliphatic carbocycles. The van der Waals surface area contributed by atoms with Crippen molar-refractivity contribution in [3.8, 4) is 0 Å². The summed E-state index contributed by atoms with van der Waals surface area (Å²) in [5.41, 5.74) is 1.02. The third-order valence-electron chi connectivity index (χ3n) is 2.87. The van der Waals surface area contributed by atoms with Gasteiger partial charge in [-0.1, -0.05) is 22.0 Å². The Morgan fingerprint density at radius 2 is 2.50 bits per heavy atom. The minimum absolute atomic E-state index is 0.0880. The van der Waals surface area contributed by atoms with Gasteiger partial charge in [0.25, 0.3) is 0 Å². The molecule has 0 amide bonds. The summed E-state index contributed by atoms with van der Waals surface area (Å²) in [4.78, 5) is 0. The van der Waals surface area contributed by atoms with Crippen LogP contribution in [0.2, 0.25) is 0 Å². The molecule has 0 radical (unpaired) electrons. The zero-order chi connectivity index (χ0) is 10.1. The molecule has 3 unspecified atom stereocenters. The second-order valence-electron chi connectivity index (χ2n) is 3.55. The lowest BCUT2D eigenvalue weighted by Gasteiger charge is -2.32. The monoisotopic (exact) mass is 260 g/mol. The maximum atomic E-state index is 9.19. The Morgan fingerprint density at radius 1 is 1.71 bits per heavy atom. The standard InChI is InChI=1S/C10H13BrO3/c1-13-10-9-6(4-12)2-3-7(9)8(11)5-14-10/h2,5,7,9-10,12H,3-4H2,1H3. The number of ether oxygens (including phenoxy) is 2. The van der Waals surface area contributed by atoms with Gasteiger partial charge in [-0.05, 0) is 12.0 Å². The van der Waals surface area contributed by atoms with Crippen LogP contribution in [-0.4, -0.2) is 25.1 Å². The van der Waals surface area contributed by atoms with Crippen LogP contribution in [0, 0.1) is 11.8 Å². The van der Waals surface area contributed by atoms with E-state index in [4.69, 9.17) is 9.47 Å². The lowest BCUT2D eigenvalue weighted by molar-refractivity contribution is -0.127. The largest absolute Gasteiger partial charge is 0.471 e. The van der Waals surface area contributed by atoms with Crippen molar-refractivity contribution in [2.24, 2.45) is 11.8 Å². The van der Waals surface area contributed by atoms with E-state index >= 15 is 0 Å². The average molecular weight is 261 g/mol. The Labute approximate surface area is 91.5 Å². The summed E-state index contributed by atoms with van der Waals surface area (Å²) in [5.74, 6) is 0.528. The van der Waals surface area contributed by atoms with E-state index in [-0.39, 0.29) is 18.8 Å². The van der Waals surface area contributed by atoms with Crippen LogP contribution in [0.3, 0.4) is 0 Å². The zero-order valence-electron chi connectivity index (χ0n) is 7.94. The molecule has 1 aliphatic heterocycles. The quantitative estimate of drug-likeness (QED) is 0.770. The number of hydrogen-bond donors (Lipinski definition) is 1. The fourth-order valence-electron chi connectivity index (χ4n) is 2.14. The van der Waals surface area contributed by atoms with Crippen LogP contribution in [0.1, 0.15) is 6.42 Å². The van der Waals surface area contributed by atoms with Crippen molar-refractivity contribution in [2.75, 3.05) is 13.7 Å². The van der Waals surface area contributed by atoms with Gasteiger partial charge in [0.1, 0.15) is 0 Å². The van der Waals surface area contributed by atoms with Crippen molar-refractivity contribution >= 4 is 15.9 Å². The highest BCUT2D eigenvalue weighted by Crippen LogP contribution is 2.44. The summed E-state index contributed by atoms with van der Waals surface area (Å²) in [7, 11) is 1.63. The molecule has 78 valence electrons. The minimum Gasteiger partial charge on any atom is -0.471 e. The predicted molar refractivity (Wildman–Crippen MR) is 55.7 cm³/mol. The fourth-order valence-corrected chi connectivity index (χ4v) is 2.72. The number of allylic oxidation sites excluding steroid dienone is 2. The van der Waals surface area contributed by atoms with E-state index in [0.717, 1.165) is 16.5 Å². The molecule has 0 saturated carbocycles. The third kappa shape index (κ3) is 1.51. The molecule has 1 N–H and O–H groups in total. The van der Waals surface area contributed by atoms with Crippen molar-refractivity contribution in [3.05, 3.63) is 22.4 Å². The maximum absolute atomic E-state index is 9.19. The lowest BCUT2D eigenvalue weighted by atomic mass is 9.89. The number of methoxy groups -OCH3 is 1. The Hall–Kier alpha value is -0.320. The summed E-state index contributed by atoms with van der Waals surface area (Å²) >= 11 is 3.47. The highest BCUT2D eigenvalue weighted by molar-refractivity contribution is 9.11. The number of aliphatic hydroxyl groups is 1. The van der Waals surface area contributed by atoms with E-state index in [0.29, 0.717) is 5.92 Å². The molecular formula is C10H13BrO3. The van der Waals surface area contributed by atoms with Crippen molar-refractivity contribution in [1.29, 1.82) is 0 Å². The molecule has 0 bridgehead atoms. The second kappa shape index (κ2) is 4.04. The molecule has 0 aromatic heterocycles. The van der Waals surface area contributed by atoms with Gasteiger partial charge in [0.2, 0.25) is 6.29 Å². The molecular weight excluding hydrogens is 248 g/mol. The van der Waals surface area contributed by atoms with Crippen LogP contribution in [0.5, 0.6) is 0 Å². The van der Waals surface area contributed by atoms with E-state index in [9.17, 15) is 5.11 Å². The van der Waals surface area contributed by atoms with Crippen molar-refractivity contribution in [2.45, 2.75) is 12.7 Å². The van der Waals surface area contributed by atoms with E-state index in [1.54, 1.807) is 13.4 Å². The van der Waals surface area contributed by atoms with Gasteiger partial charge in [-0.3, -0.25) is 0 Å². The number of rotatable bonds is 2. The van der Waals surface area contributed by atoms with Crippen molar-refractivity contribution in [1.82, 2.24) is 0 Å². The van der Waals surface area contributed by atoms with Gasteiger partial charge in [0.15, 0.2) is 0 Å². The zero-order valence-corrected chi connectivity index (χ0v) is 9.53. The molecule has 4 heteroatoms. The molecule has 2 aliphatic rings. The molecule has 3 atom stereocenters. The molecule has 1 heterocycles. The van der Waals surface area contributed by atoms with E-state index in [1.165, 1.54) is 0 Å². The first-order valence-corrected chi connectivity index (χ1v) is 5.40. The van der Waals surface area contributed by atoms with Crippen LogP contribution < -0.4 is 0 Å². The van der Waals surface area contributed by atoms with Gasteiger partial charge >= 0.3 is 0 Å². The van der Waals surface area contributed by atoms with Gasteiger partial charge < -0.3 is 14.6 Å². The van der Waals surface area contributed by atoms with Crippen LogP contribution in [0.25, 0.3) is 0 Å². The van der Waals surface area contributed by atoms with Crippen LogP contribution in [0.4, 0.5) is 0 Å². The van der Waals surface area contributed by atoms with Gasteiger partial charge in [0.05, 0.1) is 18.8 Å². The molecule has 0 fully saturated rings. The second-order valence-corrected chi connectivity index (χ2v) is 4.46. The minimum atomic E-state index is -0.262. The fraction of sp³-hybridized carbons (Fsp3) is 0.600. The first-order chi connectivity index (χ1) is 6.77. The number of aliphatic hydroxyl groups excluding tert-OH is 1. The highest BCUT2D eigenvalue weighted by atomic mass is 79.9. The average Bonchev–Trinajstić information content (AvgIpc) is 2.63. The maximum Gasteiger partial charge on any atom is 0.206 e.